The number of carbonyl (C=O) groups is 1. The monoisotopic (exact) mass is 223 g/mol. The Labute approximate surface area is 92.8 Å². The van der Waals surface area contributed by atoms with Crippen LogP contribution in [0.5, 0.6) is 0 Å². The highest BCUT2D eigenvalue weighted by Crippen LogP contribution is 2.11. The van der Waals surface area contributed by atoms with Crippen molar-refractivity contribution in [1.82, 2.24) is 0 Å². The number of hydrogen-bond acceptors (Lipinski definition) is 3. The van der Waals surface area contributed by atoms with Gasteiger partial charge in [-0.25, -0.2) is 0 Å². The maximum absolute atomic E-state index is 11.3. The van der Waals surface area contributed by atoms with E-state index in [9.17, 15) is 4.79 Å². The molecule has 0 unspecified atom stereocenters. The third-order valence-electron chi connectivity index (χ3n) is 1.43. The van der Waals surface area contributed by atoms with Gasteiger partial charge < -0.3 is 10.5 Å². The minimum absolute atomic E-state index is 0. The van der Waals surface area contributed by atoms with E-state index in [0.29, 0.717) is 12.3 Å². The first-order chi connectivity index (χ1) is 5.72. The molecule has 86 valence electrons. The molecule has 0 heterocycles. The maximum Gasteiger partial charge on any atom is 0.323 e. The second-order valence-corrected chi connectivity index (χ2v) is 4.77. The van der Waals surface area contributed by atoms with Crippen LogP contribution in [0.4, 0.5) is 0 Å². The lowest BCUT2D eigenvalue weighted by Gasteiger charge is -2.22. The highest BCUT2D eigenvalue weighted by molar-refractivity contribution is 5.85. The summed E-state index contributed by atoms with van der Waals surface area (Å²) in [4.78, 5) is 11.3. The highest BCUT2D eigenvalue weighted by Gasteiger charge is 2.22. The molecule has 4 heteroatoms. The van der Waals surface area contributed by atoms with E-state index in [2.05, 4.69) is 0 Å². The molecule has 1 atom stereocenters. The van der Waals surface area contributed by atoms with Crippen molar-refractivity contribution in [3.63, 3.8) is 0 Å². The molecule has 14 heavy (non-hydrogen) atoms. The van der Waals surface area contributed by atoms with Crippen molar-refractivity contribution in [1.29, 1.82) is 0 Å². The molecule has 0 aliphatic heterocycles. The van der Waals surface area contributed by atoms with E-state index >= 15 is 0 Å². The summed E-state index contributed by atoms with van der Waals surface area (Å²) in [5.74, 6) is 0.115. The Hall–Kier alpha value is -0.280. The molecule has 0 saturated heterocycles. The molecule has 0 aliphatic rings. The van der Waals surface area contributed by atoms with Gasteiger partial charge in [-0.3, -0.25) is 4.79 Å². The lowest BCUT2D eigenvalue weighted by Crippen LogP contribution is -2.38. The Morgan fingerprint density at radius 2 is 1.79 bits per heavy atom. The summed E-state index contributed by atoms with van der Waals surface area (Å²) in [6.07, 6.45) is 0.676. The average molecular weight is 224 g/mol. The van der Waals surface area contributed by atoms with Gasteiger partial charge in [0, 0.05) is 0 Å². The zero-order valence-corrected chi connectivity index (χ0v) is 10.5. The molecule has 0 aliphatic carbocycles. The summed E-state index contributed by atoms with van der Waals surface area (Å²) in [5, 5.41) is 0. The summed E-state index contributed by atoms with van der Waals surface area (Å²) in [6.45, 7) is 9.58. The van der Waals surface area contributed by atoms with Crippen LogP contribution in [0.25, 0.3) is 0 Å². The number of halogens is 1. The van der Waals surface area contributed by atoms with E-state index in [-0.39, 0.29) is 18.4 Å². The van der Waals surface area contributed by atoms with Gasteiger partial charge in [0.2, 0.25) is 0 Å². The summed E-state index contributed by atoms with van der Waals surface area (Å²) in [6, 6.07) is -0.487. The first-order valence-electron chi connectivity index (χ1n) is 4.71. The molecule has 3 nitrogen and oxygen atoms in total. The van der Waals surface area contributed by atoms with Gasteiger partial charge in [0.05, 0.1) is 0 Å². The fourth-order valence-corrected chi connectivity index (χ4v) is 0.982. The minimum Gasteiger partial charge on any atom is -0.459 e. The molecule has 0 radical (unpaired) electrons. The van der Waals surface area contributed by atoms with Gasteiger partial charge in [0.1, 0.15) is 11.6 Å². The van der Waals surface area contributed by atoms with Crippen LogP contribution in [-0.4, -0.2) is 17.6 Å². The first-order valence-corrected chi connectivity index (χ1v) is 4.71. The lowest BCUT2D eigenvalue weighted by atomic mass is 10.0. The van der Waals surface area contributed by atoms with Crippen molar-refractivity contribution in [3.8, 4) is 0 Å². The predicted molar refractivity (Wildman–Crippen MR) is 60.5 cm³/mol. The second kappa shape index (κ2) is 6.25. The number of nitrogens with two attached hydrogens (primary N) is 1. The Morgan fingerprint density at radius 1 is 1.36 bits per heavy atom. The van der Waals surface area contributed by atoms with Crippen LogP contribution < -0.4 is 5.73 Å². The van der Waals surface area contributed by atoms with Crippen molar-refractivity contribution in [3.05, 3.63) is 0 Å². The van der Waals surface area contributed by atoms with Gasteiger partial charge >= 0.3 is 5.97 Å². The number of rotatable bonds is 3. The number of hydrogen-bond donors (Lipinski definition) is 1. The van der Waals surface area contributed by atoms with Gasteiger partial charge in [-0.05, 0) is 33.1 Å². The normalized spacial score (nSPS) is 13.4. The van der Waals surface area contributed by atoms with Gasteiger partial charge in [0.15, 0.2) is 0 Å². The zero-order valence-electron chi connectivity index (χ0n) is 9.66. The van der Waals surface area contributed by atoms with Crippen LogP contribution in [0.2, 0.25) is 0 Å². The fraction of sp³-hybridized carbons (Fsp3) is 0.900. The molecule has 0 amide bonds. The summed E-state index contributed by atoms with van der Waals surface area (Å²) in [7, 11) is 0. The zero-order chi connectivity index (χ0) is 10.6. The average Bonchev–Trinajstić information content (AvgIpc) is 1.81. The van der Waals surface area contributed by atoms with E-state index in [0.717, 1.165) is 0 Å². The maximum atomic E-state index is 11.3. The Kier molecular flexibility index (Phi) is 7.21. The number of carbonyl (C=O) groups excluding carboxylic acids is 1. The SMILES string of the molecule is CC(C)C[C@@H](N)C(=O)OC(C)(C)C.Cl. The van der Waals surface area contributed by atoms with Gasteiger partial charge in [-0.1, -0.05) is 13.8 Å². The highest BCUT2D eigenvalue weighted by atomic mass is 35.5. The Balaban J connectivity index is 0. The molecular weight excluding hydrogens is 202 g/mol. The van der Waals surface area contributed by atoms with Crippen molar-refractivity contribution in [2.24, 2.45) is 11.7 Å². The molecule has 0 spiro atoms. The third-order valence-corrected chi connectivity index (χ3v) is 1.43. The van der Waals surface area contributed by atoms with Crippen LogP contribution in [-0.2, 0) is 9.53 Å². The minimum atomic E-state index is -0.487. The predicted octanol–water partition coefficient (Wildman–Crippen LogP) is 2.12. The molecule has 2 N–H and O–H groups in total. The van der Waals surface area contributed by atoms with Gasteiger partial charge in [0.25, 0.3) is 0 Å². The third kappa shape index (κ3) is 8.32. The van der Waals surface area contributed by atoms with E-state index in [4.69, 9.17) is 10.5 Å². The second-order valence-electron chi connectivity index (χ2n) is 4.77. The molecule has 0 aromatic carbocycles. The fourth-order valence-electron chi connectivity index (χ4n) is 0.982. The summed E-state index contributed by atoms with van der Waals surface area (Å²) in [5.41, 5.74) is 5.21. The van der Waals surface area contributed by atoms with E-state index < -0.39 is 11.6 Å². The summed E-state index contributed by atoms with van der Waals surface area (Å²) < 4.78 is 5.14. The quantitative estimate of drug-likeness (QED) is 0.746. The lowest BCUT2D eigenvalue weighted by molar-refractivity contribution is -0.156. The smallest absolute Gasteiger partial charge is 0.323 e. The molecule has 0 bridgehead atoms. The van der Waals surface area contributed by atoms with Crippen molar-refractivity contribution in [2.75, 3.05) is 0 Å². The van der Waals surface area contributed by atoms with Gasteiger partial charge in [-0.2, -0.15) is 0 Å². The molecule has 0 fully saturated rings. The molecule has 0 aromatic rings. The van der Waals surface area contributed by atoms with Crippen LogP contribution in [0.1, 0.15) is 41.0 Å². The molecule has 0 saturated carbocycles. The van der Waals surface area contributed by atoms with E-state index in [1.807, 2.05) is 34.6 Å². The van der Waals surface area contributed by atoms with Crippen molar-refractivity contribution < 1.29 is 9.53 Å². The molecule has 0 aromatic heterocycles. The van der Waals surface area contributed by atoms with E-state index in [1.54, 1.807) is 0 Å². The Bertz CT molecular complexity index is 175. The molecule has 0 rings (SSSR count). The van der Waals surface area contributed by atoms with E-state index in [1.165, 1.54) is 0 Å². The van der Waals surface area contributed by atoms with Gasteiger partial charge in [-0.15, -0.1) is 12.4 Å². The first kappa shape index (κ1) is 16.2. The number of esters is 1. The van der Waals surface area contributed by atoms with Crippen LogP contribution in [0.15, 0.2) is 0 Å². The largest absolute Gasteiger partial charge is 0.459 e. The standard InChI is InChI=1S/C10H21NO2.ClH/c1-7(2)6-8(11)9(12)13-10(3,4)5;/h7-8H,6,11H2,1-5H3;1H/t8-;/m1./s1. The van der Waals surface area contributed by atoms with Crippen molar-refractivity contribution >= 4 is 18.4 Å². The summed E-state index contributed by atoms with van der Waals surface area (Å²) >= 11 is 0. The topological polar surface area (TPSA) is 52.3 Å². The Morgan fingerprint density at radius 3 is 2.07 bits per heavy atom. The van der Waals surface area contributed by atoms with Crippen molar-refractivity contribution in [2.45, 2.75) is 52.7 Å². The van der Waals surface area contributed by atoms with Crippen LogP contribution >= 0.6 is 12.4 Å². The van der Waals surface area contributed by atoms with Crippen LogP contribution in [0, 0.1) is 5.92 Å². The van der Waals surface area contributed by atoms with Crippen LogP contribution in [0.3, 0.4) is 0 Å². The number of ether oxygens (including phenoxy) is 1. The molecular formula is C10H22ClNO2.